The van der Waals surface area contributed by atoms with Crippen LogP contribution in [-0.4, -0.2) is 78.3 Å². The number of hydrogen-bond donors (Lipinski definition) is 2. The lowest BCUT2D eigenvalue weighted by molar-refractivity contribution is 0.0599. The number of guanidine groups is 1. The molecule has 0 spiro atoms. The summed E-state index contributed by atoms with van der Waals surface area (Å²) < 4.78 is 9.64. The number of aromatic nitrogens is 2. The van der Waals surface area contributed by atoms with Crippen molar-refractivity contribution in [3.8, 4) is 0 Å². The zero-order valence-corrected chi connectivity index (χ0v) is 24.7. The third kappa shape index (κ3) is 7.89. The zero-order valence-electron chi connectivity index (χ0n) is 23.1. The standard InChI is InChI=1S/C28H30ClN7O4S/c1-17-12-18(2)31-26(30-17)33-27(36-10-8-35(9-11-36)23-7-5-6-21(29)16-23)34-28(41)32-22-14-19(24(37)39-3)13-20(15-22)25(38)40-4/h5-7,12-16H,8-11H2,1-4H3,(H2,30,31,32,33,34,41). The fourth-order valence-corrected chi connectivity index (χ4v) is 4.72. The number of thiocarbonyl (C=S) groups is 1. The van der Waals surface area contributed by atoms with Gasteiger partial charge in [-0.3, -0.25) is 5.32 Å². The van der Waals surface area contributed by atoms with E-state index >= 15 is 0 Å². The Morgan fingerprint density at radius 1 is 0.902 bits per heavy atom. The Morgan fingerprint density at radius 2 is 1.51 bits per heavy atom. The summed E-state index contributed by atoms with van der Waals surface area (Å²) in [4.78, 5) is 42.3. The molecule has 0 bridgehead atoms. The van der Waals surface area contributed by atoms with Gasteiger partial charge in [-0.25, -0.2) is 19.6 Å². The lowest BCUT2D eigenvalue weighted by Crippen LogP contribution is -2.51. The summed E-state index contributed by atoms with van der Waals surface area (Å²) in [5, 5.41) is 7.00. The molecule has 1 fully saturated rings. The second kappa shape index (κ2) is 13.4. The van der Waals surface area contributed by atoms with Gasteiger partial charge in [0, 0.05) is 54.0 Å². The molecule has 0 amide bonds. The van der Waals surface area contributed by atoms with Crippen LogP contribution in [0, 0.1) is 13.8 Å². The molecule has 214 valence electrons. The van der Waals surface area contributed by atoms with Crippen molar-refractivity contribution in [3.05, 3.63) is 76.1 Å². The Kier molecular flexibility index (Phi) is 9.69. The third-order valence-corrected chi connectivity index (χ3v) is 6.62. The van der Waals surface area contributed by atoms with E-state index in [0.717, 1.165) is 30.2 Å². The maximum absolute atomic E-state index is 12.2. The predicted molar refractivity (Wildman–Crippen MR) is 163 cm³/mol. The van der Waals surface area contributed by atoms with Crippen molar-refractivity contribution in [1.82, 2.24) is 14.9 Å². The molecule has 13 heteroatoms. The Morgan fingerprint density at radius 3 is 2.07 bits per heavy atom. The van der Waals surface area contributed by atoms with Crippen molar-refractivity contribution in [2.45, 2.75) is 13.8 Å². The number of carbonyl (C=O) groups excluding carboxylic acids is 2. The summed E-state index contributed by atoms with van der Waals surface area (Å²) in [6.07, 6.45) is 0. The average molecular weight is 596 g/mol. The summed E-state index contributed by atoms with van der Waals surface area (Å²) in [6, 6.07) is 14.1. The molecule has 41 heavy (non-hydrogen) atoms. The fourth-order valence-electron chi connectivity index (χ4n) is 4.33. The molecule has 0 atom stereocenters. The van der Waals surface area contributed by atoms with Crippen LogP contribution in [0.25, 0.3) is 0 Å². The molecule has 0 aliphatic carbocycles. The van der Waals surface area contributed by atoms with Crippen molar-refractivity contribution >= 4 is 64.2 Å². The molecule has 1 aliphatic heterocycles. The monoisotopic (exact) mass is 595 g/mol. The van der Waals surface area contributed by atoms with Gasteiger partial charge in [-0.05, 0) is 68.5 Å². The van der Waals surface area contributed by atoms with Crippen LogP contribution in [0.3, 0.4) is 0 Å². The minimum absolute atomic E-state index is 0.0898. The number of piperazine rings is 1. The first-order valence-electron chi connectivity index (χ1n) is 12.7. The second-order valence-electron chi connectivity index (χ2n) is 9.20. The van der Waals surface area contributed by atoms with Gasteiger partial charge in [-0.2, -0.15) is 4.99 Å². The van der Waals surface area contributed by atoms with E-state index in [0.29, 0.717) is 35.7 Å². The predicted octanol–water partition coefficient (Wildman–Crippen LogP) is 4.31. The first kappa shape index (κ1) is 29.7. The number of carbonyl (C=O) groups is 2. The van der Waals surface area contributed by atoms with Gasteiger partial charge in [-0.15, -0.1) is 0 Å². The topological polar surface area (TPSA) is 121 Å². The molecular formula is C28H30ClN7O4S. The Balaban J connectivity index is 1.59. The molecule has 4 rings (SSSR count). The Labute approximate surface area is 248 Å². The van der Waals surface area contributed by atoms with Gasteiger partial charge in [0.15, 0.2) is 0 Å². The number of benzene rings is 2. The average Bonchev–Trinajstić information content (AvgIpc) is 2.95. The number of nitrogens with zero attached hydrogens (tertiary/aromatic N) is 5. The van der Waals surface area contributed by atoms with Crippen molar-refractivity contribution in [3.63, 3.8) is 0 Å². The van der Waals surface area contributed by atoms with E-state index in [2.05, 4.69) is 35.4 Å². The van der Waals surface area contributed by atoms with Crippen LogP contribution in [0.15, 0.2) is 53.5 Å². The quantitative estimate of drug-likeness (QED) is 0.190. The fraction of sp³-hybridized carbons (Fsp3) is 0.286. The number of esters is 2. The molecule has 0 radical (unpaired) electrons. The molecule has 2 N–H and O–H groups in total. The van der Waals surface area contributed by atoms with Crippen LogP contribution in [0.1, 0.15) is 32.1 Å². The summed E-state index contributed by atoms with van der Waals surface area (Å²) in [7, 11) is 2.52. The first-order valence-corrected chi connectivity index (χ1v) is 13.5. The van der Waals surface area contributed by atoms with E-state index in [1.165, 1.54) is 32.4 Å². The largest absolute Gasteiger partial charge is 0.465 e. The van der Waals surface area contributed by atoms with E-state index in [4.69, 9.17) is 33.3 Å². The molecular weight excluding hydrogens is 566 g/mol. The maximum atomic E-state index is 12.2. The number of halogens is 1. The van der Waals surface area contributed by atoms with E-state index < -0.39 is 11.9 Å². The molecule has 11 nitrogen and oxygen atoms in total. The van der Waals surface area contributed by atoms with Crippen molar-refractivity contribution < 1.29 is 19.1 Å². The van der Waals surface area contributed by atoms with Crippen molar-refractivity contribution in [2.75, 3.05) is 55.9 Å². The number of rotatable bonds is 5. The number of nitrogens with one attached hydrogen (secondary N) is 2. The maximum Gasteiger partial charge on any atom is 0.337 e. The van der Waals surface area contributed by atoms with Crippen LogP contribution in [0.2, 0.25) is 5.02 Å². The van der Waals surface area contributed by atoms with Gasteiger partial charge in [-0.1, -0.05) is 17.7 Å². The van der Waals surface area contributed by atoms with Crippen LogP contribution in [0.4, 0.5) is 17.3 Å². The number of aliphatic imine (C=N–C) groups is 1. The summed E-state index contributed by atoms with van der Waals surface area (Å²) in [5.41, 5.74) is 3.34. The minimum atomic E-state index is -0.611. The van der Waals surface area contributed by atoms with Crippen molar-refractivity contribution in [1.29, 1.82) is 0 Å². The highest BCUT2D eigenvalue weighted by molar-refractivity contribution is 7.80. The Hall–Kier alpha value is -4.29. The molecule has 2 aromatic carbocycles. The number of aryl methyl sites for hydroxylation is 2. The molecule has 1 aromatic heterocycles. The van der Waals surface area contributed by atoms with Crippen LogP contribution < -0.4 is 15.5 Å². The van der Waals surface area contributed by atoms with Gasteiger partial charge in [0.05, 0.1) is 25.3 Å². The molecule has 2 heterocycles. The lowest BCUT2D eigenvalue weighted by atomic mass is 10.1. The molecule has 3 aromatic rings. The van der Waals surface area contributed by atoms with E-state index in [9.17, 15) is 9.59 Å². The highest BCUT2D eigenvalue weighted by atomic mass is 35.5. The van der Waals surface area contributed by atoms with Crippen LogP contribution >= 0.6 is 23.8 Å². The van der Waals surface area contributed by atoms with E-state index in [-0.39, 0.29) is 16.2 Å². The number of methoxy groups -OCH3 is 2. The summed E-state index contributed by atoms with van der Waals surface area (Å²) in [5.74, 6) is -0.377. The highest BCUT2D eigenvalue weighted by Gasteiger charge is 2.22. The number of ether oxygens (including phenoxy) is 2. The number of hydrogen-bond acceptors (Lipinski definition) is 8. The van der Waals surface area contributed by atoms with E-state index in [1.807, 2.05) is 44.2 Å². The van der Waals surface area contributed by atoms with Gasteiger partial charge in [0.2, 0.25) is 17.0 Å². The lowest BCUT2D eigenvalue weighted by Gasteiger charge is -2.37. The number of anilines is 3. The van der Waals surface area contributed by atoms with Crippen molar-refractivity contribution in [2.24, 2.45) is 4.99 Å². The van der Waals surface area contributed by atoms with Crippen LogP contribution in [0.5, 0.6) is 0 Å². The summed E-state index contributed by atoms with van der Waals surface area (Å²) >= 11 is 11.8. The molecule has 0 unspecified atom stereocenters. The van der Waals surface area contributed by atoms with Gasteiger partial charge in [0.25, 0.3) is 0 Å². The van der Waals surface area contributed by atoms with E-state index in [1.54, 1.807) is 0 Å². The van der Waals surface area contributed by atoms with Gasteiger partial charge < -0.3 is 24.6 Å². The van der Waals surface area contributed by atoms with Gasteiger partial charge >= 0.3 is 11.9 Å². The SMILES string of the molecule is COC(=O)c1cc(NC(=S)/N=C(/Nc2nc(C)cc(C)n2)N2CCN(c3cccc(Cl)c3)CC2)cc(C(=O)OC)c1. The minimum Gasteiger partial charge on any atom is -0.465 e. The normalized spacial score (nSPS) is 13.4. The third-order valence-electron chi connectivity index (χ3n) is 6.19. The molecule has 0 saturated carbocycles. The highest BCUT2D eigenvalue weighted by Crippen LogP contribution is 2.22. The smallest absolute Gasteiger partial charge is 0.337 e. The zero-order chi connectivity index (χ0) is 29.5. The molecule has 1 saturated heterocycles. The second-order valence-corrected chi connectivity index (χ2v) is 10.0. The summed E-state index contributed by atoms with van der Waals surface area (Å²) in [6.45, 7) is 6.49. The molecule has 1 aliphatic rings. The first-order chi connectivity index (χ1) is 19.6. The van der Waals surface area contributed by atoms with Crippen LogP contribution in [-0.2, 0) is 9.47 Å². The van der Waals surface area contributed by atoms with Gasteiger partial charge in [0.1, 0.15) is 0 Å². The Bertz CT molecular complexity index is 1440.